The van der Waals surface area contributed by atoms with Gasteiger partial charge in [-0.15, -0.1) is 0 Å². The number of benzene rings is 1. The first kappa shape index (κ1) is 19.0. The van der Waals surface area contributed by atoms with E-state index in [4.69, 9.17) is 4.74 Å². The molecule has 1 fully saturated rings. The van der Waals surface area contributed by atoms with E-state index >= 15 is 0 Å². The standard InChI is InChI=1S/C20H23N5O4/c26-18(21-8-6-14-4-2-1-3-5-14)15-12-25-11-10-24(9-7-17(25)22-15)19(27)16-13-29-20(28)23-16/h1-5,12,16H,6-11,13H2,(H,21,26)(H,23,28)/t16-/m0/s1. The number of aromatic nitrogens is 2. The van der Waals surface area contributed by atoms with Gasteiger partial charge in [0.2, 0.25) is 5.91 Å². The van der Waals surface area contributed by atoms with Crippen LogP contribution in [0.1, 0.15) is 21.9 Å². The third-order valence-electron chi connectivity index (χ3n) is 5.13. The van der Waals surface area contributed by atoms with Crippen molar-refractivity contribution in [3.05, 3.63) is 53.6 Å². The van der Waals surface area contributed by atoms with Gasteiger partial charge in [0.15, 0.2) is 0 Å². The number of hydrogen-bond donors (Lipinski definition) is 2. The molecule has 9 heteroatoms. The van der Waals surface area contributed by atoms with Gasteiger partial charge in [-0.05, 0) is 12.0 Å². The van der Waals surface area contributed by atoms with E-state index in [1.807, 2.05) is 34.9 Å². The van der Waals surface area contributed by atoms with Crippen LogP contribution in [-0.4, -0.2) is 64.6 Å². The lowest BCUT2D eigenvalue weighted by Crippen LogP contribution is -2.46. The number of rotatable bonds is 5. The zero-order chi connectivity index (χ0) is 20.2. The Bertz CT molecular complexity index is 885. The van der Waals surface area contributed by atoms with Gasteiger partial charge in [-0.25, -0.2) is 9.78 Å². The van der Waals surface area contributed by atoms with E-state index in [0.717, 1.165) is 12.2 Å². The molecule has 0 unspecified atom stereocenters. The fourth-order valence-electron chi connectivity index (χ4n) is 3.55. The van der Waals surface area contributed by atoms with Crippen LogP contribution in [0.2, 0.25) is 0 Å². The average molecular weight is 397 g/mol. The van der Waals surface area contributed by atoms with Gasteiger partial charge in [0.05, 0.1) is 0 Å². The van der Waals surface area contributed by atoms with Gasteiger partial charge >= 0.3 is 6.09 Å². The first-order valence-corrected chi connectivity index (χ1v) is 9.70. The Balaban J connectivity index is 1.30. The third kappa shape index (κ3) is 4.39. The summed E-state index contributed by atoms with van der Waals surface area (Å²) in [4.78, 5) is 42.2. The van der Waals surface area contributed by atoms with Crippen LogP contribution in [0.4, 0.5) is 4.79 Å². The second-order valence-corrected chi connectivity index (χ2v) is 7.10. The number of carbonyl (C=O) groups excluding carboxylic acids is 3. The maximum Gasteiger partial charge on any atom is 0.407 e. The first-order chi connectivity index (χ1) is 14.1. The number of amides is 3. The number of nitrogens with zero attached hydrogens (tertiary/aromatic N) is 3. The molecule has 4 rings (SSSR count). The number of alkyl carbamates (subject to hydrolysis) is 1. The Morgan fingerprint density at radius 1 is 1.21 bits per heavy atom. The molecule has 2 aliphatic rings. The van der Waals surface area contributed by atoms with Gasteiger partial charge in [-0.2, -0.15) is 0 Å². The molecule has 1 saturated heterocycles. The first-order valence-electron chi connectivity index (χ1n) is 9.70. The molecule has 2 N–H and O–H groups in total. The lowest BCUT2D eigenvalue weighted by molar-refractivity contribution is -0.133. The Kier molecular flexibility index (Phi) is 5.46. The van der Waals surface area contributed by atoms with Crippen molar-refractivity contribution in [1.29, 1.82) is 0 Å². The van der Waals surface area contributed by atoms with Gasteiger partial charge in [0.1, 0.15) is 24.2 Å². The Hall–Kier alpha value is -3.36. The highest BCUT2D eigenvalue weighted by Crippen LogP contribution is 2.12. The SMILES string of the molecule is O=C1N[C@H](C(=O)N2CCc3nc(C(=O)NCCc4ccccc4)cn3CC2)CO1. The summed E-state index contributed by atoms with van der Waals surface area (Å²) in [7, 11) is 0. The molecule has 2 aromatic rings. The number of carbonyl (C=O) groups is 3. The Labute approximate surface area is 168 Å². The minimum Gasteiger partial charge on any atom is -0.447 e. The number of ether oxygens (including phenoxy) is 1. The van der Waals surface area contributed by atoms with E-state index in [1.54, 1.807) is 11.1 Å². The van der Waals surface area contributed by atoms with E-state index in [1.165, 1.54) is 5.56 Å². The molecule has 0 bridgehead atoms. The summed E-state index contributed by atoms with van der Waals surface area (Å²) < 4.78 is 6.72. The Morgan fingerprint density at radius 3 is 2.79 bits per heavy atom. The lowest BCUT2D eigenvalue weighted by Gasteiger charge is -2.22. The van der Waals surface area contributed by atoms with Crippen molar-refractivity contribution in [3.8, 4) is 0 Å². The predicted molar refractivity (Wildman–Crippen MR) is 103 cm³/mol. The number of fused-ring (bicyclic) bond motifs is 1. The molecule has 9 nitrogen and oxygen atoms in total. The molecule has 29 heavy (non-hydrogen) atoms. The maximum absolute atomic E-state index is 12.5. The molecule has 0 radical (unpaired) electrons. The Morgan fingerprint density at radius 2 is 2.03 bits per heavy atom. The summed E-state index contributed by atoms with van der Waals surface area (Å²) in [5.41, 5.74) is 1.56. The molecule has 1 aromatic heterocycles. The number of hydrogen-bond acceptors (Lipinski definition) is 5. The molecule has 0 saturated carbocycles. The van der Waals surface area contributed by atoms with Crippen LogP contribution in [0, 0.1) is 0 Å². The topological polar surface area (TPSA) is 106 Å². The monoisotopic (exact) mass is 397 g/mol. The van der Waals surface area contributed by atoms with E-state index in [9.17, 15) is 14.4 Å². The van der Waals surface area contributed by atoms with Crippen molar-refractivity contribution in [3.63, 3.8) is 0 Å². The minimum atomic E-state index is -0.626. The van der Waals surface area contributed by atoms with E-state index in [0.29, 0.717) is 38.3 Å². The number of imidazole rings is 1. The number of nitrogens with one attached hydrogen (secondary N) is 2. The molecule has 3 amide bonds. The highest BCUT2D eigenvalue weighted by atomic mass is 16.6. The van der Waals surface area contributed by atoms with Gasteiger partial charge in [-0.1, -0.05) is 30.3 Å². The smallest absolute Gasteiger partial charge is 0.407 e. The molecule has 3 heterocycles. The van der Waals surface area contributed by atoms with Crippen molar-refractivity contribution < 1.29 is 19.1 Å². The lowest BCUT2D eigenvalue weighted by atomic mass is 10.1. The fraction of sp³-hybridized carbons (Fsp3) is 0.400. The molecular weight excluding hydrogens is 374 g/mol. The second-order valence-electron chi connectivity index (χ2n) is 7.10. The van der Waals surface area contributed by atoms with Crippen LogP contribution >= 0.6 is 0 Å². The van der Waals surface area contributed by atoms with Crippen LogP contribution < -0.4 is 10.6 Å². The molecule has 0 aliphatic carbocycles. The zero-order valence-corrected chi connectivity index (χ0v) is 16.0. The molecule has 1 atom stereocenters. The van der Waals surface area contributed by atoms with Crippen LogP contribution in [0.3, 0.4) is 0 Å². The highest BCUT2D eigenvalue weighted by molar-refractivity contribution is 5.92. The van der Waals surface area contributed by atoms with Gasteiger partial charge in [0.25, 0.3) is 5.91 Å². The van der Waals surface area contributed by atoms with Crippen molar-refractivity contribution in [2.24, 2.45) is 0 Å². The van der Waals surface area contributed by atoms with Gasteiger partial charge in [0, 0.05) is 38.8 Å². The largest absolute Gasteiger partial charge is 0.447 e. The van der Waals surface area contributed by atoms with Crippen LogP contribution in [0.5, 0.6) is 0 Å². The summed E-state index contributed by atoms with van der Waals surface area (Å²) in [6, 6.07) is 9.35. The van der Waals surface area contributed by atoms with E-state index < -0.39 is 12.1 Å². The molecule has 2 aliphatic heterocycles. The summed E-state index contributed by atoms with van der Waals surface area (Å²) in [5.74, 6) is 0.431. The maximum atomic E-state index is 12.5. The van der Waals surface area contributed by atoms with E-state index in [-0.39, 0.29) is 18.4 Å². The van der Waals surface area contributed by atoms with Crippen LogP contribution in [-0.2, 0) is 28.9 Å². The summed E-state index contributed by atoms with van der Waals surface area (Å²) >= 11 is 0. The van der Waals surface area contributed by atoms with Crippen molar-refractivity contribution in [2.45, 2.75) is 25.4 Å². The molecule has 0 spiro atoms. The summed E-state index contributed by atoms with van der Waals surface area (Å²) in [6.07, 6.45) is 2.49. The zero-order valence-electron chi connectivity index (χ0n) is 16.0. The normalized spacial score (nSPS) is 18.4. The van der Waals surface area contributed by atoms with Crippen LogP contribution in [0.15, 0.2) is 36.5 Å². The van der Waals surface area contributed by atoms with Crippen molar-refractivity contribution >= 4 is 17.9 Å². The second kappa shape index (κ2) is 8.34. The van der Waals surface area contributed by atoms with Crippen LogP contribution in [0.25, 0.3) is 0 Å². The fourth-order valence-corrected chi connectivity index (χ4v) is 3.55. The van der Waals surface area contributed by atoms with Crippen molar-refractivity contribution in [2.75, 3.05) is 26.2 Å². The predicted octanol–water partition coefficient (Wildman–Crippen LogP) is 0.349. The minimum absolute atomic E-state index is 0.0615. The van der Waals surface area contributed by atoms with Gasteiger partial charge < -0.3 is 24.8 Å². The van der Waals surface area contributed by atoms with Crippen molar-refractivity contribution in [1.82, 2.24) is 25.1 Å². The summed E-state index contributed by atoms with van der Waals surface area (Å²) in [5, 5.41) is 5.42. The van der Waals surface area contributed by atoms with Gasteiger partial charge in [-0.3, -0.25) is 9.59 Å². The molecule has 1 aromatic carbocycles. The quantitative estimate of drug-likeness (QED) is 0.757. The third-order valence-corrected chi connectivity index (χ3v) is 5.13. The summed E-state index contributed by atoms with van der Waals surface area (Å²) in [6.45, 7) is 2.13. The van der Waals surface area contributed by atoms with E-state index in [2.05, 4.69) is 15.6 Å². The number of cyclic esters (lactones) is 1. The molecule has 152 valence electrons. The highest BCUT2D eigenvalue weighted by Gasteiger charge is 2.33. The average Bonchev–Trinajstić information content (AvgIpc) is 3.30. The molecular formula is C20H23N5O4.